The Morgan fingerprint density at radius 2 is 1.89 bits per heavy atom. The van der Waals surface area contributed by atoms with E-state index in [-0.39, 0.29) is 28.7 Å². The average Bonchev–Trinajstić information content (AvgIpc) is 2.66. The molecule has 27 heavy (non-hydrogen) atoms. The third-order valence-corrected chi connectivity index (χ3v) is 6.86. The summed E-state index contributed by atoms with van der Waals surface area (Å²) in [4.78, 5) is 25.4. The largest absolute Gasteiger partial charge is 0.469 e. The number of likely N-dealkylation sites (tertiary alicyclic amines) is 1. The number of sulfonamides is 1. The zero-order valence-corrected chi connectivity index (χ0v) is 17.0. The fourth-order valence-corrected chi connectivity index (χ4v) is 4.15. The Morgan fingerprint density at radius 1 is 1.26 bits per heavy atom. The van der Waals surface area contributed by atoms with Crippen LogP contribution in [0.1, 0.15) is 19.8 Å². The second kappa shape index (κ2) is 8.81. The van der Waals surface area contributed by atoms with Crippen molar-refractivity contribution < 1.29 is 27.6 Å². The molecule has 0 radical (unpaired) electrons. The van der Waals surface area contributed by atoms with Crippen LogP contribution in [0.15, 0.2) is 29.2 Å². The van der Waals surface area contributed by atoms with E-state index in [4.69, 9.17) is 4.74 Å². The molecular formula is C18H28N3O5S+. The molecule has 2 rings (SSSR count). The third-order valence-electron chi connectivity index (χ3n) is 5.05. The van der Waals surface area contributed by atoms with Crippen LogP contribution >= 0.6 is 0 Å². The van der Waals surface area contributed by atoms with Crippen molar-refractivity contribution in [3.05, 3.63) is 24.3 Å². The first kappa shape index (κ1) is 21.3. The molecule has 0 aliphatic carbocycles. The lowest BCUT2D eigenvalue weighted by atomic mass is 9.96. The van der Waals surface area contributed by atoms with E-state index in [9.17, 15) is 18.0 Å². The van der Waals surface area contributed by atoms with Crippen molar-refractivity contribution in [3.8, 4) is 0 Å². The number of carbonyl (C=O) groups is 2. The van der Waals surface area contributed by atoms with E-state index in [0.717, 1.165) is 9.21 Å². The summed E-state index contributed by atoms with van der Waals surface area (Å²) in [6.45, 7) is 3.26. The van der Waals surface area contributed by atoms with Gasteiger partial charge in [-0.1, -0.05) is 6.07 Å². The first-order chi connectivity index (χ1) is 12.7. The number of carbonyl (C=O) groups excluding carboxylic acids is 2. The Balaban J connectivity index is 2.00. The van der Waals surface area contributed by atoms with Gasteiger partial charge in [0, 0.05) is 32.6 Å². The summed E-state index contributed by atoms with van der Waals surface area (Å²) in [6, 6.07) is 5.91. The number of hydrogen-bond donors (Lipinski definition) is 2. The summed E-state index contributed by atoms with van der Waals surface area (Å²) in [7, 11) is 0.756. The highest BCUT2D eigenvalue weighted by atomic mass is 32.2. The van der Waals surface area contributed by atoms with Gasteiger partial charge in [-0.15, -0.1) is 0 Å². The van der Waals surface area contributed by atoms with Crippen LogP contribution in [0.5, 0.6) is 0 Å². The number of amides is 1. The van der Waals surface area contributed by atoms with Crippen LogP contribution in [0.2, 0.25) is 0 Å². The molecule has 1 aromatic carbocycles. The summed E-state index contributed by atoms with van der Waals surface area (Å²) < 4.78 is 30.4. The van der Waals surface area contributed by atoms with Gasteiger partial charge < -0.3 is 15.0 Å². The topological polar surface area (TPSA) is 97.2 Å². The smallest absolute Gasteiger partial charge is 0.309 e. The minimum atomic E-state index is -3.56. The molecule has 1 heterocycles. The normalized spacial score (nSPS) is 21.5. The van der Waals surface area contributed by atoms with Crippen molar-refractivity contribution >= 4 is 27.6 Å². The molecule has 1 saturated heterocycles. The molecule has 9 heteroatoms. The number of hydrogen-bond acceptors (Lipinski definition) is 5. The van der Waals surface area contributed by atoms with Gasteiger partial charge in [-0.2, -0.15) is 0 Å². The van der Waals surface area contributed by atoms with E-state index in [1.807, 2.05) is 6.92 Å². The molecule has 0 saturated carbocycles. The summed E-state index contributed by atoms with van der Waals surface area (Å²) in [5.41, 5.74) is 0.443. The zero-order chi connectivity index (χ0) is 20.2. The molecule has 8 nitrogen and oxygen atoms in total. The van der Waals surface area contributed by atoms with Crippen LogP contribution in [-0.2, 0) is 24.3 Å². The highest BCUT2D eigenvalue weighted by Gasteiger charge is 2.33. The molecule has 1 aliphatic rings. The molecule has 1 amide bonds. The summed E-state index contributed by atoms with van der Waals surface area (Å²) in [5.74, 6) is -0.465. The van der Waals surface area contributed by atoms with Crippen LogP contribution < -0.4 is 10.2 Å². The number of methoxy groups -OCH3 is 1. The first-order valence-electron chi connectivity index (χ1n) is 8.92. The van der Waals surface area contributed by atoms with E-state index in [1.165, 1.54) is 33.3 Å². The minimum absolute atomic E-state index is 0.0954. The summed E-state index contributed by atoms with van der Waals surface area (Å²) >= 11 is 0. The second-order valence-corrected chi connectivity index (χ2v) is 9.13. The number of rotatable bonds is 6. The van der Waals surface area contributed by atoms with E-state index in [2.05, 4.69) is 5.32 Å². The lowest BCUT2D eigenvalue weighted by molar-refractivity contribution is -0.919. The molecule has 0 unspecified atom stereocenters. The lowest BCUT2D eigenvalue weighted by Crippen LogP contribution is -3.17. The number of esters is 1. The number of nitrogens with zero attached hydrogens (tertiary/aromatic N) is 1. The maximum absolute atomic E-state index is 12.6. The van der Waals surface area contributed by atoms with Crippen molar-refractivity contribution in [1.29, 1.82) is 0 Å². The molecular weight excluding hydrogens is 370 g/mol. The van der Waals surface area contributed by atoms with Gasteiger partial charge in [-0.25, -0.2) is 12.7 Å². The second-order valence-electron chi connectivity index (χ2n) is 6.98. The quantitative estimate of drug-likeness (QED) is 0.643. The fourth-order valence-electron chi connectivity index (χ4n) is 3.21. The van der Waals surface area contributed by atoms with Gasteiger partial charge in [0.1, 0.15) is 0 Å². The molecule has 1 aliphatic heterocycles. The van der Waals surface area contributed by atoms with E-state index < -0.39 is 10.0 Å². The predicted molar refractivity (Wildman–Crippen MR) is 101 cm³/mol. The molecule has 0 bridgehead atoms. The molecule has 1 aromatic rings. The lowest BCUT2D eigenvalue weighted by Gasteiger charge is -2.31. The van der Waals surface area contributed by atoms with Gasteiger partial charge in [0.25, 0.3) is 5.91 Å². The van der Waals surface area contributed by atoms with Crippen molar-refractivity contribution in [2.45, 2.75) is 30.7 Å². The highest BCUT2D eigenvalue weighted by Crippen LogP contribution is 2.18. The molecule has 1 fully saturated rings. The average molecular weight is 399 g/mol. The third kappa shape index (κ3) is 5.06. The van der Waals surface area contributed by atoms with Crippen molar-refractivity contribution in [3.63, 3.8) is 0 Å². The number of anilines is 1. The minimum Gasteiger partial charge on any atom is -0.469 e. The Labute approximate surface area is 160 Å². The molecule has 0 spiro atoms. The number of quaternary nitrogens is 1. The maximum Gasteiger partial charge on any atom is 0.309 e. The molecule has 1 atom stereocenters. The Kier molecular flexibility index (Phi) is 6.96. The Bertz CT molecular complexity index is 786. The van der Waals surface area contributed by atoms with Crippen LogP contribution in [-0.4, -0.2) is 64.9 Å². The fraction of sp³-hybridized carbons (Fsp3) is 0.556. The molecule has 150 valence electrons. The number of piperidine rings is 1. The Morgan fingerprint density at radius 3 is 2.44 bits per heavy atom. The van der Waals surface area contributed by atoms with Crippen molar-refractivity contribution in [1.82, 2.24) is 4.31 Å². The number of ether oxygens (including phenoxy) is 1. The van der Waals surface area contributed by atoms with Gasteiger partial charge in [-0.05, 0) is 25.1 Å². The van der Waals surface area contributed by atoms with Gasteiger partial charge in [0.2, 0.25) is 10.0 Å². The maximum atomic E-state index is 12.6. The van der Waals surface area contributed by atoms with E-state index in [1.54, 1.807) is 12.1 Å². The summed E-state index contributed by atoms with van der Waals surface area (Å²) in [6.07, 6.45) is 1.38. The van der Waals surface area contributed by atoms with Gasteiger partial charge >= 0.3 is 5.97 Å². The Hall–Kier alpha value is -1.97. The van der Waals surface area contributed by atoms with Gasteiger partial charge in [0.05, 0.1) is 31.0 Å². The van der Waals surface area contributed by atoms with Crippen LogP contribution in [0.25, 0.3) is 0 Å². The van der Waals surface area contributed by atoms with Crippen LogP contribution in [0.4, 0.5) is 5.69 Å². The first-order valence-corrected chi connectivity index (χ1v) is 10.4. The van der Waals surface area contributed by atoms with Gasteiger partial charge in [0.15, 0.2) is 6.04 Å². The van der Waals surface area contributed by atoms with E-state index in [0.29, 0.717) is 31.6 Å². The van der Waals surface area contributed by atoms with Crippen LogP contribution in [0, 0.1) is 5.92 Å². The number of benzene rings is 1. The molecule has 0 aromatic heterocycles. The van der Waals surface area contributed by atoms with E-state index >= 15 is 0 Å². The van der Waals surface area contributed by atoms with Gasteiger partial charge in [-0.3, -0.25) is 9.59 Å². The van der Waals surface area contributed by atoms with Crippen molar-refractivity contribution in [2.24, 2.45) is 5.92 Å². The molecule has 2 N–H and O–H groups in total. The summed E-state index contributed by atoms with van der Waals surface area (Å²) in [5, 5.41) is 2.80. The van der Waals surface area contributed by atoms with Crippen LogP contribution in [0.3, 0.4) is 0 Å². The SMILES string of the molecule is COC(=O)C1CC[NH+]([C@H](C)C(=O)Nc2cccc(S(=O)(=O)N(C)C)c2)CC1. The monoisotopic (exact) mass is 398 g/mol. The zero-order valence-electron chi connectivity index (χ0n) is 16.2. The predicted octanol–water partition coefficient (Wildman–Crippen LogP) is -0.268. The van der Waals surface area contributed by atoms with Crippen molar-refractivity contribution in [2.75, 3.05) is 39.6 Å². The number of nitrogens with one attached hydrogen (secondary N) is 2. The highest BCUT2D eigenvalue weighted by molar-refractivity contribution is 7.89. The standard InChI is InChI=1S/C18H27N3O5S/c1-13(21-10-8-14(9-11-21)18(23)26-4)17(22)19-15-6-5-7-16(12-15)27(24,25)20(2)3/h5-7,12-14H,8-11H2,1-4H3,(H,19,22)/p+1/t13-/m1/s1.